The lowest BCUT2D eigenvalue weighted by Gasteiger charge is -2.21. The highest BCUT2D eigenvalue weighted by atomic mass is 32.3. The van der Waals surface area contributed by atoms with Crippen molar-refractivity contribution in [3.63, 3.8) is 0 Å². The molecule has 5 amide bonds. The monoisotopic (exact) mass is 617 g/mol. The highest BCUT2D eigenvalue weighted by Crippen LogP contribution is 2.19. The first-order valence-corrected chi connectivity index (χ1v) is 14.1. The largest absolute Gasteiger partial charge is 0.446 e. The van der Waals surface area contributed by atoms with Gasteiger partial charge in [0, 0.05) is 29.9 Å². The molecule has 16 nitrogen and oxygen atoms in total. The van der Waals surface area contributed by atoms with Crippen molar-refractivity contribution < 1.29 is 41.1 Å². The van der Waals surface area contributed by atoms with Crippen molar-refractivity contribution in [2.45, 2.75) is 37.4 Å². The van der Waals surface area contributed by atoms with Crippen LogP contribution >= 0.6 is 0 Å². The summed E-state index contributed by atoms with van der Waals surface area (Å²) in [5, 5.41) is 8.10. The van der Waals surface area contributed by atoms with Gasteiger partial charge in [-0.15, -0.1) is 0 Å². The molecule has 230 valence electrons. The molecule has 3 aromatic rings. The summed E-state index contributed by atoms with van der Waals surface area (Å²) in [7, 11) is -4.76. The third-order valence-electron chi connectivity index (χ3n) is 6.16. The molecule has 17 heteroatoms. The second-order valence-electron chi connectivity index (χ2n) is 9.50. The Morgan fingerprint density at radius 2 is 1.58 bits per heavy atom. The number of benzene rings is 2. The predicted molar refractivity (Wildman–Crippen MR) is 152 cm³/mol. The van der Waals surface area contributed by atoms with E-state index in [1.165, 1.54) is 24.3 Å². The fourth-order valence-corrected chi connectivity index (χ4v) is 4.47. The number of para-hydroxylation sites is 1. The second-order valence-corrected chi connectivity index (χ2v) is 10.5. The summed E-state index contributed by atoms with van der Waals surface area (Å²) in [4.78, 5) is 64.5. The minimum absolute atomic E-state index is 0.0900. The van der Waals surface area contributed by atoms with Gasteiger partial charge in [-0.2, -0.15) is 8.42 Å². The lowest BCUT2D eigenvalue weighted by Crippen LogP contribution is -2.55. The molecule has 2 aromatic carbocycles. The number of primary amides is 2. The number of carbonyl (C=O) groups excluding carboxylic acids is 5. The molecule has 1 heterocycles. The van der Waals surface area contributed by atoms with Crippen molar-refractivity contribution in [3.05, 3.63) is 65.9 Å². The van der Waals surface area contributed by atoms with Gasteiger partial charge in [0.25, 0.3) is 0 Å². The van der Waals surface area contributed by atoms with Crippen molar-refractivity contribution in [1.29, 1.82) is 0 Å². The zero-order valence-corrected chi connectivity index (χ0v) is 23.4. The van der Waals surface area contributed by atoms with Crippen LogP contribution in [0.3, 0.4) is 0 Å². The maximum absolute atomic E-state index is 13.0. The van der Waals surface area contributed by atoms with Gasteiger partial charge in [-0.1, -0.05) is 30.3 Å². The molecule has 43 heavy (non-hydrogen) atoms. The molecule has 0 aliphatic heterocycles. The van der Waals surface area contributed by atoms with Crippen LogP contribution in [0.1, 0.15) is 17.5 Å². The number of aromatic nitrogens is 1. The Kier molecular flexibility index (Phi) is 10.8. The van der Waals surface area contributed by atoms with Gasteiger partial charge in [-0.05, 0) is 29.3 Å². The highest BCUT2D eigenvalue weighted by Gasteiger charge is 2.26. The quantitative estimate of drug-likeness (QED) is 0.0861. The summed E-state index contributed by atoms with van der Waals surface area (Å²) < 4.78 is 35.0. The molecular weight excluding hydrogens is 586 g/mol. The number of fused-ring (bicyclic) bond motifs is 1. The summed E-state index contributed by atoms with van der Waals surface area (Å²) >= 11 is 0. The fourth-order valence-electron chi connectivity index (χ4n) is 4.11. The SMILES string of the molecule is NC(=O)C[C@H](N)C(=O)N[C@@H](Cc1ccc(OS(=O)(=O)O)cc1)C(=O)NCC(=O)N[C@@H](Cc1c[nH]c2ccccc12)C(N)=O. The van der Waals surface area contributed by atoms with E-state index in [-0.39, 0.29) is 18.6 Å². The van der Waals surface area contributed by atoms with Crippen LogP contribution < -0.4 is 37.3 Å². The maximum atomic E-state index is 13.0. The molecule has 0 saturated carbocycles. The van der Waals surface area contributed by atoms with Crippen LogP contribution in [0.25, 0.3) is 10.9 Å². The predicted octanol–water partition coefficient (Wildman–Crippen LogP) is -2.09. The number of rotatable bonds is 15. The van der Waals surface area contributed by atoms with Gasteiger partial charge in [0.15, 0.2) is 0 Å². The number of hydrogen-bond donors (Lipinski definition) is 8. The van der Waals surface area contributed by atoms with Gasteiger partial charge in [0.1, 0.15) is 17.8 Å². The van der Waals surface area contributed by atoms with Crippen LogP contribution in [0.4, 0.5) is 0 Å². The average molecular weight is 618 g/mol. The lowest BCUT2D eigenvalue weighted by molar-refractivity contribution is -0.132. The van der Waals surface area contributed by atoms with E-state index in [0.29, 0.717) is 5.56 Å². The Labute approximate surface area is 245 Å². The standard InChI is InChI=1S/C26H31N7O9S/c27-18(11-22(28)34)25(37)33-21(9-14-5-7-16(8-6-14)42-43(39,40)41)26(38)31-13-23(35)32-20(24(29)36)10-15-12-30-19-4-2-1-3-17(15)19/h1-8,12,18,20-21,30H,9-11,13,27H2,(H2,28,34)(H2,29,36)(H,31,38)(H,32,35)(H,33,37)(H,39,40,41)/t18-,20-,21-/m0/s1. The number of nitrogens with one attached hydrogen (secondary N) is 4. The molecule has 0 unspecified atom stereocenters. The molecule has 0 bridgehead atoms. The fraction of sp³-hybridized carbons (Fsp3) is 0.269. The first-order chi connectivity index (χ1) is 20.2. The normalized spacial score (nSPS) is 13.3. The molecule has 3 rings (SSSR count). The summed E-state index contributed by atoms with van der Waals surface area (Å²) in [6.07, 6.45) is 1.13. The van der Waals surface area contributed by atoms with Crippen LogP contribution in [-0.2, 0) is 47.2 Å². The molecule has 1 aromatic heterocycles. The zero-order valence-electron chi connectivity index (χ0n) is 22.6. The van der Waals surface area contributed by atoms with Gasteiger partial charge in [-0.3, -0.25) is 28.5 Å². The van der Waals surface area contributed by atoms with E-state index in [9.17, 15) is 32.4 Å². The van der Waals surface area contributed by atoms with E-state index >= 15 is 0 Å². The van der Waals surface area contributed by atoms with Crippen molar-refractivity contribution in [3.8, 4) is 5.75 Å². The Morgan fingerprint density at radius 1 is 0.907 bits per heavy atom. The molecule has 11 N–H and O–H groups in total. The Balaban J connectivity index is 1.67. The van der Waals surface area contributed by atoms with Crippen LogP contribution in [0.5, 0.6) is 5.75 Å². The van der Waals surface area contributed by atoms with E-state index in [1.807, 2.05) is 24.3 Å². The van der Waals surface area contributed by atoms with Gasteiger partial charge >= 0.3 is 10.4 Å². The summed E-state index contributed by atoms with van der Waals surface area (Å²) in [5.74, 6) is -4.28. The van der Waals surface area contributed by atoms with Crippen molar-refractivity contribution >= 4 is 50.8 Å². The third-order valence-corrected chi connectivity index (χ3v) is 6.56. The molecule has 0 spiro atoms. The van der Waals surface area contributed by atoms with Crippen molar-refractivity contribution in [1.82, 2.24) is 20.9 Å². The number of H-pyrrole nitrogens is 1. The van der Waals surface area contributed by atoms with Gasteiger partial charge in [0.05, 0.1) is 19.0 Å². The number of nitrogens with two attached hydrogens (primary N) is 3. The third kappa shape index (κ3) is 10.1. The van der Waals surface area contributed by atoms with Crippen molar-refractivity contribution in [2.24, 2.45) is 17.2 Å². The van der Waals surface area contributed by atoms with Crippen LogP contribution in [-0.4, -0.2) is 72.2 Å². The number of hydrogen-bond acceptors (Lipinski definition) is 9. The molecule has 0 radical (unpaired) electrons. The molecule has 3 atom stereocenters. The summed E-state index contributed by atoms with van der Waals surface area (Å²) in [6.45, 7) is -0.586. The Hall–Kier alpha value is -5.00. The van der Waals surface area contributed by atoms with E-state index in [2.05, 4.69) is 25.1 Å². The lowest BCUT2D eigenvalue weighted by atomic mass is 10.0. The second kappa shape index (κ2) is 14.3. The van der Waals surface area contributed by atoms with E-state index < -0.39 is 71.0 Å². The minimum Gasteiger partial charge on any atom is -0.370 e. The van der Waals surface area contributed by atoms with Gasteiger partial charge < -0.3 is 42.3 Å². The molecule has 0 aliphatic rings. The molecule has 0 saturated heterocycles. The van der Waals surface area contributed by atoms with E-state index in [4.69, 9.17) is 21.8 Å². The molecule has 0 aliphatic carbocycles. The summed E-state index contributed by atoms with van der Waals surface area (Å²) in [5.41, 5.74) is 18.3. The average Bonchev–Trinajstić information content (AvgIpc) is 3.33. The Bertz CT molecular complexity index is 1610. The molecular formula is C26H31N7O9S. The zero-order chi connectivity index (χ0) is 31.7. The van der Waals surface area contributed by atoms with E-state index in [0.717, 1.165) is 16.5 Å². The first-order valence-electron chi connectivity index (χ1n) is 12.7. The smallest absolute Gasteiger partial charge is 0.370 e. The van der Waals surface area contributed by atoms with Crippen LogP contribution in [0, 0.1) is 0 Å². The topological polar surface area (TPSA) is 279 Å². The van der Waals surface area contributed by atoms with Gasteiger partial charge in [-0.25, -0.2) is 0 Å². The first kappa shape index (κ1) is 32.5. The Morgan fingerprint density at radius 3 is 2.21 bits per heavy atom. The van der Waals surface area contributed by atoms with Crippen LogP contribution in [0.15, 0.2) is 54.7 Å². The highest BCUT2D eigenvalue weighted by molar-refractivity contribution is 7.81. The maximum Gasteiger partial charge on any atom is 0.446 e. The summed E-state index contributed by atoms with van der Waals surface area (Å²) in [6, 6.07) is 8.73. The van der Waals surface area contributed by atoms with Gasteiger partial charge in [0.2, 0.25) is 29.5 Å². The van der Waals surface area contributed by atoms with Crippen LogP contribution in [0.2, 0.25) is 0 Å². The number of amides is 5. The molecule has 0 fully saturated rings. The number of carbonyl (C=O) groups is 5. The van der Waals surface area contributed by atoms with E-state index in [1.54, 1.807) is 6.20 Å². The van der Waals surface area contributed by atoms with Crippen molar-refractivity contribution in [2.75, 3.05) is 6.54 Å². The number of aromatic amines is 1. The minimum atomic E-state index is -4.76.